The van der Waals surface area contributed by atoms with Gasteiger partial charge in [-0.05, 0) is 32.9 Å². The van der Waals surface area contributed by atoms with Gasteiger partial charge in [-0.25, -0.2) is 4.39 Å². The van der Waals surface area contributed by atoms with Crippen LogP contribution < -0.4 is 20.7 Å². The summed E-state index contributed by atoms with van der Waals surface area (Å²) in [6.45, 7) is 6.67. The molecule has 4 N–H and O–H groups in total. The van der Waals surface area contributed by atoms with Gasteiger partial charge in [0, 0.05) is 30.2 Å². The minimum Gasteiger partial charge on any atom is -0.488 e. The third-order valence-corrected chi connectivity index (χ3v) is 4.28. The molecule has 1 unspecified atom stereocenters. The second-order valence-corrected chi connectivity index (χ2v) is 8.11. The van der Waals surface area contributed by atoms with Gasteiger partial charge in [0.2, 0.25) is 11.8 Å². The van der Waals surface area contributed by atoms with Crippen LogP contribution in [-0.4, -0.2) is 36.1 Å². The zero-order chi connectivity index (χ0) is 23.6. The molecule has 0 aromatic heterocycles. The Morgan fingerprint density at radius 3 is 2.42 bits per heavy atom. The lowest BCUT2D eigenvalue weighted by molar-refractivity contribution is -0.144. The van der Waals surface area contributed by atoms with Gasteiger partial charge in [0.1, 0.15) is 23.0 Å². The monoisotopic (exact) mass is 444 g/mol. The number of benzene rings is 1. The first-order valence-electron chi connectivity index (χ1n) is 9.38. The number of carbonyl (C=O) groups is 2. The highest BCUT2D eigenvalue weighted by Gasteiger charge is 2.36. The normalized spacial score (nSPS) is 19.6. The smallest absolute Gasteiger partial charge is 0.482 e. The fourth-order valence-corrected chi connectivity index (χ4v) is 2.93. The molecule has 170 valence electrons. The van der Waals surface area contributed by atoms with Crippen molar-refractivity contribution >= 4 is 23.3 Å². The van der Waals surface area contributed by atoms with Crippen LogP contribution in [0.25, 0.3) is 5.70 Å². The van der Waals surface area contributed by atoms with Crippen LogP contribution in [0.1, 0.15) is 33.3 Å². The van der Waals surface area contributed by atoms with Crippen LogP contribution in [0.2, 0.25) is 0 Å². The number of amides is 2. The average Bonchev–Trinajstić information content (AvgIpc) is 2.90. The summed E-state index contributed by atoms with van der Waals surface area (Å²) in [7, 11) is 0. The number of alkyl halides is 3. The second-order valence-electron chi connectivity index (χ2n) is 8.11. The summed E-state index contributed by atoms with van der Waals surface area (Å²) in [4.78, 5) is 23.8. The van der Waals surface area contributed by atoms with Crippen molar-refractivity contribution in [3.8, 4) is 5.75 Å². The third-order valence-electron chi connectivity index (χ3n) is 4.28. The summed E-state index contributed by atoms with van der Waals surface area (Å²) in [6, 6.07) is 3.06. The van der Waals surface area contributed by atoms with E-state index >= 15 is 0 Å². The molecule has 7 nitrogen and oxygen atoms in total. The largest absolute Gasteiger partial charge is 0.488 e. The van der Waals surface area contributed by atoms with Crippen molar-refractivity contribution in [2.24, 2.45) is 11.8 Å². The molecule has 31 heavy (non-hydrogen) atoms. The molecular weight excluding hydrogens is 420 g/mol. The van der Waals surface area contributed by atoms with E-state index in [1.807, 2.05) is 0 Å². The Hall–Kier alpha value is -3.11. The van der Waals surface area contributed by atoms with E-state index in [1.165, 1.54) is 18.3 Å². The molecule has 2 rings (SSSR count). The Bertz CT molecular complexity index is 907. The highest BCUT2D eigenvalue weighted by atomic mass is 19.4. The quantitative estimate of drug-likeness (QED) is 0.243. The molecule has 0 radical (unpaired) electrons. The van der Waals surface area contributed by atoms with E-state index in [-0.39, 0.29) is 23.8 Å². The number of hydrogen-bond donors (Lipinski definition) is 4. The molecule has 11 heteroatoms. The Morgan fingerprint density at radius 1 is 1.26 bits per heavy atom. The molecule has 1 aromatic rings. The van der Waals surface area contributed by atoms with Gasteiger partial charge in [0.15, 0.2) is 0 Å². The van der Waals surface area contributed by atoms with Gasteiger partial charge in [-0.2, -0.15) is 13.2 Å². The van der Waals surface area contributed by atoms with E-state index in [2.05, 4.69) is 10.6 Å². The van der Waals surface area contributed by atoms with Gasteiger partial charge in [0.05, 0.1) is 11.6 Å². The number of halogens is 4. The fraction of sp³-hybridized carbons (Fsp3) is 0.450. The van der Waals surface area contributed by atoms with E-state index in [4.69, 9.17) is 10.1 Å². The molecular formula is C20H24F4N4O3. The van der Waals surface area contributed by atoms with E-state index in [0.29, 0.717) is 0 Å². The van der Waals surface area contributed by atoms with E-state index < -0.39 is 47.0 Å². The van der Waals surface area contributed by atoms with Gasteiger partial charge in [-0.15, -0.1) is 0 Å². The maximum absolute atomic E-state index is 14.0. The first-order valence-corrected chi connectivity index (χ1v) is 9.38. The predicted molar refractivity (Wildman–Crippen MR) is 105 cm³/mol. The summed E-state index contributed by atoms with van der Waals surface area (Å²) in [5.74, 6) is -3.91. The Balaban J connectivity index is 2.31. The summed E-state index contributed by atoms with van der Waals surface area (Å²) in [5, 5.41) is 13.8. The van der Waals surface area contributed by atoms with E-state index in [0.717, 1.165) is 18.2 Å². The van der Waals surface area contributed by atoms with Crippen molar-refractivity contribution in [3.63, 3.8) is 0 Å². The van der Waals surface area contributed by atoms with Crippen molar-refractivity contribution in [1.29, 1.82) is 5.41 Å². The molecule has 0 aliphatic carbocycles. The van der Waals surface area contributed by atoms with Gasteiger partial charge in [-0.1, -0.05) is 6.92 Å². The summed E-state index contributed by atoms with van der Waals surface area (Å²) < 4.78 is 58.7. The SMILES string of the molecule is CC1C(=O)NC[C@@H]1C(=O)NC(=N)/C=C(\NC(F)(F)F)c1cc(F)cc(OC(C)(C)C)c1. The first-order chi connectivity index (χ1) is 14.1. The predicted octanol–water partition coefficient (Wildman–Crippen LogP) is 2.93. The summed E-state index contributed by atoms with van der Waals surface area (Å²) in [5.41, 5.74) is -1.62. The zero-order valence-electron chi connectivity index (χ0n) is 17.4. The van der Waals surface area contributed by atoms with Crippen molar-refractivity contribution in [3.05, 3.63) is 35.7 Å². The molecule has 1 aliphatic heterocycles. The highest BCUT2D eigenvalue weighted by molar-refractivity contribution is 6.07. The molecule has 1 aromatic carbocycles. The highest BCUT2D eigenvalue weighted by Crippen LogP contribution is 2.27. The Morgan fingerprint density at radius 2 is 1.90 bits per heavy atom. The van der Waals surface area contributed by atoms with Crippen molar-refractivity contribution < 1.29 is 31.9 Å². The van der Waals surface area contributed by atoms with Crippen LogP contribution in [0.5, 0.6) is 5.75 Å². The maximum atomic E-state index is 14.0. The number of nitrogens with one attached hydrogen (secondary N) is 4. The summed E-state index contributed by atoms with van der Waals surface area (Å²) >= 11 is 0. The first kappa shape index (κ1) is 24.2. The molecule has 1 aliphatic rings. The molecule has 1 heterocycles. The lowest BCUT2D eigenvalue weighted by Gasteiger charge is -2.22. The number of ether oxygens (including phenoxy) is 1. The Labute approximate surface area is 176 Å². The minimum absolute atomic E-state index is 0.00249. The fourth-order valence-electron chi connectivity index (χ4n) is 2.93. The van der Waals surface area contributed by atoms with Gasteiger partial charge >= 0.3 is 6.30 Å². The lowest BCUT2D eigenvalue weighted by atomic mass is 9.97. The van der Waals surface area contributed by atoms with Crippen LogP contribution >= 0.6 is 0 Å². The minimum atomic E-state index is -4.89. The van der Waals surface area contributed by atoms with Gasteiger partial charge in [0.25, 0.3) is 0 Å². The van der Waals surface area contributed by atoms with Crippen LogP contribution in [0.4, 0.5) is 17.6 Å². The maximum Gasteiger partial charge on any atom is 0.482 e. The molecule has 1 fully saturated rings. The van der Waals surface area contributed by atoms with Crippen molar-refractivity contribution in [2.75, 3.05) is 6.54 Å². The van der Waals surface area contributed by atoms with E-state index in [1.54, 1.807) is 20.8 Å². The standard InChI is InChI=1S/C20H24F4N4O3/c1-10-14(9-26-17(10)29)18(30)27-16(25)8-15(28-20(22,23)24)11-5-12(21)7-13(6-11)31-19(2,3)4/h5-8,10,14,28H,9H2,1-4H3,(H,26,29)(H2,25,27,30)/b15-8-/t10?,14-/m0/s1. The van der Waals surface area contributed by atoms with Crippen molar-refractivity contribution in [2.45, 2.75) is 39.6 Å². The van der Waals surface area contributed by atoms with Crippen LogP contribution in [0.3, 0.4) is 0 Å². The van der Waals surface area contributed by atoms with Crippen molar-refractivity contribution in [1.82, 2.24) is 16.0 Å². The topological polar surface area (TPSA) is 103 Å². The van der Waals surface area contributed by atoms with Gasteiger partial charge in [-0.3, -0.25) is 20.3 Å². The number of amidine groups is 1. The van der Waals surface area contributed by atoms with E-state index in [9.17, 15) is 27.2 Å². The van der Waals surface area contributed by atoms with Crippen LogP contribution in [0, 0.1) is 23.1 Å². The zero-order valence-corrected chi connectivity index (χ0v) is 17.4. The lowest BCUT2D eigenvalue weighted by Crippen LogP contribution is -2.38. The second kappa shape index (κ2) is 8.94. The molecule has 2 amide bonds. The number of hydrogen-bond acceptors (Lipinski definition) is 5. The van der Waals surface area contributed by atoms with Gasteiger partial charge < -0.3 is 15.4 Å². The average molecular weight is 444 g/mol. The molecule has 2 atom stereocenters. The molecule has 0 saturated carbocycles. The molecule has 1 saturated heterocycles. The van der Waals surface area contributed by atoms with Crippen LogP contribution in [-0.2, 0) is 9.59 Å². The Kier molecular flexibility index (Phi) is 6.97. The summed E-state index contributed by atoms with van der Waals surface area (Å²) in [6.07, 6.45) is -4.17. The molecule has 0 spiro atoms. The number of rotatable bonds is 5. The molecule has 0 bridgehead atoms. The van der Waals surface area contributed by atoms with Crippen LogP contribution in [0.15, 0.2) is 24.3 Å². The number of carbonyl (C=O) groups excluding carboxylic acids is 2. The third kappa shape index (κ3) is 7.26.